The summed E-state index contributed by atoms with van der Waals surface area (Å²) in [5.74, 6) is 1.71. The number of benzene rings is 1. The van der Waals surface area contributed by atoms with E-state index in [-0.39, 0.29) is 5.54 Å². The first kappa shape index (κ1) is 14.9. The van der Waals surface area contributed by atoms with Crippen LogP contribution in [0.4, 0.5) is 4.79 Å². The summed E-state index contributed by atoms with van der Waals surface area (Å²) < 4.78 is 0. The van der Waals surface area contributed by atoms with Crippen LogP contribution in [-0.2, 0) is 6.42 Å². The molecule has 1 amide bonds. The van der Waals surface area contributed by atoms with Crippen LogP contribution in [0.3, 0.4) is 0 Å². The fourth-order valence-corrected chi connectivity index (χ4v) is 3.00. The maximum Gasteiger partial charge on any atom is 0.405 e. The SMILES string of the molecule is CC(C)(C)NC(=O)O.c1ccc2c(c1)CC1CNCC21. The predicted octanol–water partition coefficient (Wildman–Crippen LogP) is 2.60. The number of hydrogen-bond acceptors (Lipinski definition) is 2. The van der Waals surface area contributed by atoms with Gasteiger partial charge in [-0.05, 0) is 50.8 Å². The molecule has 20 heavy (non-hydrogen) atoms. The van der Waals surface area contributed by atoms with E-state index in [2.05, 4.69) is 34.9 Å². The van der Waals surface area contributed by atoms with E-state index in [4.69, 9.17) is 5.11 Å². The summed E-state index contributed by atoms with van der Waals surface area (Å²) in [6.07, 6.45) is 0.325. The summed E-state index contributed by atoms with van der Waals surface area (Å²) in [4.78, 5) is 9.90. The highest BCUT2D eigenvalue weighted by molar-refractivity contribution is 5.65. The van der Waals surface area contributed by atoms with Gasteiger partial charge in [0.05, 0.1) is 0 Å². The maximum absolute atomic E-state index is 9.90. The summed E-state index contributed by atoms with van der Waals surface area (Å²) in [7, 11) is 0. The number of carboxylic acid groups (broad SMARTS) is 1. The van der Waals surface area contributed by atoms with Crippen LogP contribution in [0.15, 0.2) is 24.3 Å². The Bertz CT molecular complexity index is 480. The molecular weight excluding hydrogens is 252 g/mol. The Morgan fingerprint density at radius 1 is 1.30 bits per heavy atom. The van der Waals surface area contributed by atoms with Crippen LogP contribution in [0.2, 0.25) is 0 Å². The van der Waals surface area contributed by atoms with E-state index < -0.39 is 6.09 Å². The minimum atomic E-state index is -0.975. The normalized spacial score (nSPS) is 23.4. The molecule has 0 spiro atoms. The maximum atomic E-state index is 9.90. The van der Waals surface area contributed by atoms with Crippen molar-refractivity contribution < 1.29 is 9.90 Å². The van der Waals surface area contributed by atoms with Gasteiger partial charge in [-0.25, -0.2) is 4.79 Å². The Kier molecular flexibility index (Phi) is 4.33. The highest BCUT2D eigenvalue weighted by Gasteiger charge is 2.35. The van der Waals surface area contributed by atoms with Crippen LogP contribution in [-0.4, -0.2) is 29.8 Å². The molecule has 4 heteroatoms. The van der Waals surface area contributed by atoms with Gasteiger partial charge in [-0.3, -0.25) is 0 Å². The number of amides is 1. The first-order valence-electron chi connectivity index (χ1n) is 7.16. The van der Waals surface area contributed by atoms with Gasteiger partial charge < -0.3 is 15.7 Å². The third kappa shape index (κ3) is 3.73. The summed E-state index contributed by atoms with van der Waals surface area (Å²) >= 11 is 0. The van der Waals surface area contributed by atoms with E-state index in [0.717, 1.165) is 11.8 Å². The van der Waals surface area contributed by atoms with Gasteiger partial charge in [-0.1, -0.05) is 24.3 Å². The van der Waals surface area contributed by atoms with Gasteiger partial charge in [0.2, 0.25) is 0 Å². The van der Waals surface area contributed by atoms with Crippen molar-refractivity contribution in [3.05, 3.63) is 35.4 Å². The molecule has 1 aromatic carbocycles. The number of carbonyl (C=O) groups is 1. The van der Waals surface area contributed by atoms with Crippen LogP contribution in [0.25, 0.3) is 0 Å². The fraction of sp³-hybridized carbons (Fsp3) is 0.562. The summed E-state index contributed by atoms with van der Waals surface area (Å²) in [5, 5.41) is 13.9. The third-order valence-corrected chi connectivity index (χ3v) is 3.76. The molecule has 0 aromatic heterocycles. The Hall–Kier alpha value is -1.55. The summed E-state index contributed by atoms with van der Waals surface area (Å²) in [6, 6.07) is 8.91. The van der Waals surface area contributed by atoms with Gasteiger partial charge >= 0.3 is 6.09 Å². The zero-order valence-electron chi connectivity index (χ0n) is 12.4. The number of rotatable bonds is 0. The van der Waals surface area contributed by atoms with Crippen LogP contribution >= 0.6 is 0 Å². The minimum Gasteiger partial charge on any atom is -0.465 e. The topological polar surface area (TPSA) is 61.4 Å². The molecule has 1 aromatic rings. The van der Waals surface area contributed by atoms with Crippen molar-refractivity contribution in [2.45, 2.75) is 38.6 Å². The lowest BCUT2D eigenvalue weighted by atomic mass is 9.97. The quantitative estimate of drug-likeness (QED) is 0.682. The van der Waals surface area contributed by atoms with E-state index in [0.29, 0.717) is 0 Å². The zero-order valence-corrected chi connectivity index (χ0v) is 12.4. The van der Waals surface area contributed by atoms with E-state index in [1.165, 1.54) is 19.5 Å². The molecule has 2 unspecified atom stereocenters. The van der Waals surface area contributed by atoms with Crippen molar-refractivity contribution in [3.63, 3.8) is 0 Å². The van der Waals surface area contributed by atoms with Gasteiger partial charge in [-0.2, -0.15) is 0 Å². The Labute approximate surface area is 120 Å². The highest BCUT2D eigenvalue weighted by atomic mass is 16.4. The van der Waals surface area contributed by atoms with Crippen LogP contribution < -0.4 is 10.6 Å². The van der Waals surface area contributed by atoms with Crippen molar-refractivity contribution in [1.82, 2.24) is 10.6 Å². The first-order chi connectivity index (χ1) is 9.37. The summed E-state index contributed by atoms with van der Waals surface area (Å²) in [6.45, 7) is 7.80. The molecular formula is C16H24N2O2. The molecule has 1 saturated heterocycles. The van der Waals surface area contributed by atoms with Gasteiger partial charge in [-0.15, -0.1) is 0 Å². The lowest BCUT2D eigenvalue weighted by Crippen LogP contribution is -2.39. The molecule has 0 saturated carbocycles. The fourth-order valence-electron chi connectivity index (χ4n) is 3.00. The molecule has 1 fully saturated rings. The van der Waals surface area contributed by atoms with Crippen LogP contribution in [0, 0.1) is 5.92 Å². The number of hydrogen-bond donors (Lipinski definition) is 3. The molecule has 1 aliphatic carbocycles. The monoisotopic (exact) mass is 276 g/mol. The van der Waals surface area contributed by atoms with E-state index >= 15 is 0 Å². The van der Waals surface area contributed by atoms with Gasteiger partial charge in [0.1, 0.15) is 0 Å². The molecule has 3 N–H and O–H groups in total. The van der Waals surface area contributed by atoms with E-state index in [9.17, 15) is 4.79 Å². The van der Waals surface area contributed by atoms with Crippen molar-refractivity contribution >= 4 is 6.09 Å². The summed E-state index contributed by atoms with van der Waals surface area (Å²) in [5.41, 5.74) is 2.87. The molecule has 1 heterocycles. The molecule has 4 nitrogen and oxygen atoms in total. The minimum absolute atomic E-state index is 0.328. The van der Waals surface area contributed by atoms with Crippen molar-refractivity contribution in [3.8, 4) is 0 Å². The third-order valence-electron chi connectivity index (χ3n) is 3.76. The van der Waals surface area contributed by atoms with Crippen LogP contribution in [0.5, 0.6) is 0 Å². The number of nitrogens with one attached hydrogen (secondary N) is 2. The molecule has 2 atom stereocenters. The van der Waals surface area contributed by atoms with Gasteiger partial charge in [0.25, 0.3) is 0 Å². The van der Waals surface area contributed by atoms with Gasteiger partial charge in [0.15, 0.2) is 0 Å². The Morgan fingerprint density at radius 3 is 2.60 bits per heavy atom. The first-order valence-corrected chi connectivity index (χ1v) is 7.16. The molecule has 2 aliphatic rings. The average molecular weight is 276 g/mol. The molecule has 110 valence electrons. The highest BCUT2D eigenvalue weighted by Crippen LogP contribution is 2.39. The van der Waals surface area contributed by atoms with Crippen molar-refractivity contribution in [1.29, 1.82) is 0 Å². The molecule has 0 bridgehead atoms. The van der Waals surface area contributed by atoms with E-state index in [1.807, 2.05) is 0 Å². The largest absolute Gasteiger partial charge is 0.465 e. The molecule has 0 radical (unpaired) electrons. The molecule has 1 aliphatic heterocycles. The lowest BCUT2D eigenvalue weighted by Gasteiger charge is -2.16. The van der Waals surface area contributed by atoms with Crippen LogP contribution in [0.1, 0.15) is 37.8 Å². The smallest absolute Gasteiger partial charge is 0.405 e. The number of fused-ring (bicyclic) bond motifs is 3. The zero-order chi connectivity index (χ0) is 14.8. The average Bonchev–Trinajstić information content (AvgIpc) is 2.85. The standard InChI is InChI=1S/C11H13N.C5H11NO2/c1-2-4-10-8(3-1)5-9-6-12-7-11(9)10;1-5(2,3)6-4(7)8/h1-4,9,11-12H,5-7H2;6H,1-3H3,(H,7,8). The van der Waals surface area contributed by atoms with Crippen molar-refractivity contribution in [2.75, 3.05) is 13.1 Å². The Morgan fingerprint density at radius 2 is 2.00 bits per heavy atom. The lowest BCUT2D eigenvalue weighted by molar-refractivity contribution is 0.184. The van der Waals surface area contributed by atoms with Gasteiger partial charge in [0, 0.05) is 18.0 Å². The Balaban J connectivity index is 0.000000163. The molecule has 3 rings (SSSR count). The second-order valence-electron chi connectivity index (χ2n) is 6.61. The second kappa shape index (κ2) is 5.83. The predicted molar refractivity (Wildman–Crippen MR) is 80.2 cm³/mol. The van der Waals surface area contributed by atoms with Crippen molar-refractivity contribution in [2.24, 2.45) is 5.92 Å². The second-order valence-corrected chi connectivity index (χ2v) is 6.61. The van der Waals surface area contributed by atoms with E-state index in [1.54, 1.807) is 31.9 Å².